The van der Waals surface area contributed by atoms with Gasteiger partial charge in [-0.3, -0.25) is 4.98 Å². The largest absolute Gasteiger partial charge is 0.486 e. The van der Waals surface area contributed by atoms with Crippen LogP contribution in [0.1, 0.15) is 11.6 Å². The van der Waals surface area contributed by atoms with Crippen molar-refractivity contribution < 1.29 is 17.9 Å². The average molecular weight is 432 g/mol. The van der Waals surface area contributed by atoms with Gasteiger partial charge >= 0.3 is 0 Å². The molecule has 0 spiro atoms. The van der Waals surface area contributed by atoms with Crippen LogP contribution in [0.4, 0.5) is 0 Å². The topological polar surface area (TPSA) is 80.8 Å². The van der Waals surface area contributed by atoms with E-state index in [0.717, 1.165) is 5.56 Å². The van der Waals surface area contributed by atoms with Crippen molar-refractivity contribution in [3.05, 3.63) is 47.2 Å². The second-order valence-electron chi connectivity index (χ2n) is 6.05. The molecule has 1 aromatic carbocycles. The van der Waals surface area contributed by atoms with Crippen molar-refractivity contribution in [3.63, 3.8) is 0 Å². The number of nitrogens with one attached hydrogen (secondary N) is 1. The molecule has 0 aliphatic carbocycles. The Morgan fingerprint density at radius 2 is 1.96 bits per heavy atom. The van der Waals surface area contributed by atoms with E-state index in [1.54, 1.807) is 18.5 Å². The van der Waals surface area contributed by atoms with E-state index in [1.165, 1.54) is 16.4 Å². The van der Waals surface area contributed by atoms with Crippen molar-refractivity contribution in [1.82, 2.24) is 14.6 Å². The lowest BCUT2D eigenvalue weighted by Crippen LogP contribution is -2.48. The van der Waals surface area contributed by atoms with Gasteiger partial charge in [-0.25, -0.2) is 8.42 Å². The lowest BCUT2D eigenvalue weighted by atomic mass is 10.1. The highest BCUT2D eigenvalue weighted by molar-refractivity contribution is 7.89. The Hall–Kier alpha value is -1.58. The van der Waals surface area contributed by atoms with Crippen molar-refractivity contribution in [2.24, 2.45) is 0 Å². The van der Waals surface area contributed by atoms with E-state index in [-0.39, 0.29) is 28.4 Å². The molecule has 10 heteroatoms. The Kier molecular flexibility index (Phi) is 6.12. The minimum atomic E-state index is -3.83. The van der Waals surface area contributed by atoms with Crippen LogP contribution < -0.4 is 14.8 Å². The van der Waals surface area contributed by atoms with Crippen molar-refractivity contribution >= 4 is 34.0 Å². The molecule has 0 amide bonds. The number of pyridine rings is 1. The molecule has 27 heavy (non-hydrogen) atoms. The number of ether oxygens (including phenoxy) is 2. The lowest BCUT2D eigenvalue weighted by Gasteiger charge is -2.35. The smallest absolute Gasteiger partial charge is 0.245 e. The van der Waals surface area contributed by atoms with Gasteiger partial charge in [-0.1, -0.05) is 17.7 Å². The van der Waals surface area contributed by atoms with E-state index in [1.807, 2.05) is 6.07 Å². The van der Waals surface area contributed by atoms with Crippen molar-refractivity contribution in [1.29, 1.82) is 0 Å². The van der Waals surface area contributed by atoms with Crippen LogP contribution in [0, 0.1) is 0 Å². The molecule has 1 fully saturated rings. The summed E-state index contributed by atoms with van der Waals surface area (Å²) in [6.45, 7) is 2.20. The summed E-state index contributed by atoms with van der Waals surface area (Å²) < 4.78 is 39.2. The first-order valence-corrected chi connectivity index (χ1v) is 10.1. The molecule has 146 valence electrons. The summed E-state index contributed by atoms with van der Waals surface area (Å²) >= 11 is 6.29. The molecule has 1 saturated heterocycles. The van der Waals surface area contributed by atoms with E-state index < -0.39 is 10.0 Å². The molecule has 1 N–H and O–H groups in total. The molecule has 0 radical (unpaired) electrons. The first-order chi connectivity index (χ1) is 12.6. The first kappa shape index (κ1) is 20.2. The number of fused-ring (bicyclic) bond motifs is 1. The molecule has 2 aliphatic heterocycles. The summed E-state index contributed by atoms with van der Waals surface area (Å²) in [6, 6.07) is 6.27. The predicted molar refractivity (Wildman–Crippen MR) is 103 cm³/mol. The van der Waals surface area contributed by atoms with Crippen LogP contribution in [0.2, 0.25) is 5.02 Å². The van der Waals surface area contributed by atoms with Gasteiger partial charge in [0.15, 0.2) is 11.5 Å². The first-order valence-electron chi connectivity index (χ1n) is 8.29. The Morgan fingerprint density at radius 1 is 1.22 bits per heavy atom. The summed E-state index contributed by atoms with van der Waals surface area (Å²) in [5.41, 5.74) is 0.831. The zero-order valence-electron chi connectivity index (χ0n) is 14.3. The summed E-state index contributed by atoms with van der Waals surface area (Å²) in [7, 11) is -3.83. The zero-order chi connectivity index (χ0) is 18.1. The maximum absolute atomic E-state index is 13.4. The molecular formula is C17H19Cl2N3O4S. The zero-order valence-corrected chi connectivity index (χ0v) is 16.7. The fraction of sp³-hybridized carbons (Fsp3) is 0.353. The highest BCUT2D eigenvalue weighted by Crippen LogP contribution is 2.39. The van der Waals surface area contributed by atoms with Gasteiger partial charge in [0.1, 0.15) is 18.1 Å². The molecule has 1 aromatic heterocycles. The number of aromatic nitrogens is 1. The van der Waals surface area contributed by atoms with Gasteiger partial charge in [-0.05, 0) is 11.6 Å². The molecular weight excluding hydrogens is 413 g/mol. The minimum Gasteiger partial charge on any atom is -0.486 e. The fourth-order valence-electron chi connectivity index (χ4n) is 3.20. The molecule has 2 aromatic rings. The second-order valence-corrected chi connectivity index (χ2v) is 8.31. The van der Waals surface area contributed by atoms with Crippen LogP contribution in [0.25, 0.3) is 0 Å². The van der Waals surface area contributed by atoms with Gasteiger partial charge in [0.25, 0.3) is 0 Å². The predicted octanol–water partition coefficient (Wildman–Crippen LogP) is 2.26. The van der Waals surface area contributed by atoms with E-state index in [0.29, 0.717) is 44.3 Å². The molecule has 2 aliphatic rings. The SMILES string of the molecule is Cl.O=S(=O)(c1cc2c(cc1Cl)OCCO2)N1CCNCC1c1cccnc1. The molecule has 7 nitrogen and oxygen atoms in total. The number of rotatable bonds is 3. The summed E-state index contributed by atoms with van der Waals surface area (Å²) in [6.07, 6.45) is 3.35. The maximum Gasteiger partial charge on any atom is 0.245 e. The van der Waals surface area contributed by atoms with Crippen LogP contribution >= 0.6 is 24.0 Å². The molecule has 4 rings (SSSR count). The highest BCUT2D eigenvalue weighted by Gasteiger charge is 2.36. The Morgan fingerprint density at radius 3 is 2.67 bits per heavy atom. The monoisotopic (exact) mass is 431 g/mol. The highest BCUT2D eigenvalue weighted by atomic mass is 35.5. The van der Waals surface area contributed by atoms with E-state index >= 15 is 0 Å². The van der Waals surface area contributed by atoms with Crippen LogP contribution in [-0.2, 0) is 10.0 Å². The molecule has 3 heterocycles. The van der Waals surface area contributed by atoms with Crippen LogP contribution in [0.15, 0.2) is 41.6 Å². The third kappa shape index (κ3) is 3.86. The number of benzene rings is 1. The van der Waals surface area contributed by atoms with E-state index in [2.05, 4.69) is 10.3 Å². The summed E-state index contributed by atoms with van der Waals surface area (Å²) in [5.74, 6) is 0.858. The fourth-order valence-corrected chi connectivity index (χ4v) is 5.32. The Bertz CT molecular complexity index is 912. The number of nitrogens with zero attached hydrogens (tertiary/aromatic N) is 2. The van der Waals surface area contributed by atoms with Crippen LogP contribution in [0.3, 0.4) is 0 Å². The maximum atomic E-state index is 13.4. The van der Waals surface area contributed by atoms with E-state index in [9.17, 15) is 8.42 Å². The quantitative estimate of drug-likeness (QED) is 0.802. The summed E-state index contributed by atoms with van der Waals surface area (Å²) in [5, 5.41) is 3.36. The number of hydrogen-bond acceptors (Lipinski definition) is 6. The molecule has 0 bridgehead atoms. The van der Waals surface area contributed by atoms with Gasteiger partial charge < -0.3 is 14.8 Å². The number of halogens is 2. The Balaban J connectivity index is 0.00000210. The summed E-state index contributed by atoms with van der Waals surface area (Å²) in [4.78, 5) is 4.14. The van der Waals surface area contributed by atoms with Crippen LogP contribution in [-0.4, -0.2) is 50.6 Å². The van der Waals surface area contributed by atoms with Gasteiger partial charge in [-0.15, -0.1) is 12.4 Å². The molecule has 0 saturated carbocycles. The van der Waals surface area contributed by atoms with Gasteiger partial charge in [0, 0.05) is 44.2 Å². The molecule has 1 unspecified atom stereocenters. The standard InChI is InChI=1S/C17H18ClN3O4S.ClH/c18-13-8-15-16(25-7-6-24-15)9-17(13)26(22,23)21-5-4-20-11-14(21)12-2-1-3-19-10-12;/h1-3,8-10,14,20H,4-7,11H2;1H. The average Bonchev–Trinajstić information content (AvgIpc) is 2.68. The van der Waals surface area contributed by atoms with Crippen LogP contribution in [0.5, 0.6) is 11.5 Å². The number of sulfonamides is 1. The van der Waals surface area contributed by atoms with Gasteiger partial charge in [-0.2, -0.15) is 4.31 Å². The van der Waals surface area contributed by atoms with Gasteiger partial charge in [0.2, 0.25) is 10.0 Å². The van der Waals surface area contributed by atoms with Crippen molar-refractivity contribution in [2.45, 2.75) is 10.9 Å². The van der Waals surface area contributed by atoms with E-state index in [4.69, 9.17) is 21.1 Å². The van der Waals surface area contributed by atoms with Crippen molar-refractivity contribution in [2.75, 3.05) is 32.8 Å². The Labute approximate surface area is 169 Å². The number of piperazine rings is 1. The van der Waals surface area contributed by atoms with Crippen molar-refractivity contribution in [3.8, 4) is 11.5 Å². The molecule has 1 atom stereocenters. The van der Waals surface area contributed by atoms with Gasteiger partial charge in [0.05, 0.1) is 11.1 Å². The normalized spacial score (nSPS) is 20.0. The third-order valence-electron chi connectivity index (χ3n) is 4.45. The second kappa shape index (κ2) is 8.20. The number of hydrogen-bond donors (Lipinski definition) is 1. The minimum absolute atomic E-state index is 0. The lowest BCUT2D eigenvalue weighted by molar-refractivity contribution is 0.171. The third-order valence-corrected chi connectivity index (χ3v) is 6.82.